The van der Waals surface area contributed by atoms with E-state index in [1.165, 1.54) is 19.3 Å². The van der Waals surface area contributed by atoms with Gasteiger partial charge in [0.25, 0.3) is 0 Å². The highest BCUT2D eigenvalue weighted by Gasteiger charge is 2.22. The van der Waals surface area contributed by atoms with Gasteiger partial charge in [-0.05, 0) is 83.5 Å². The number of carbonyl (C=O) groups excluding carboxylic acids is 2. The molecule has 0 aliphatic rings. The normalized spacial score (nSPS) is 14.3. The lowest BCUT2D eigenvalue weighted by Gasteiger charge is -2.18. The van der Waals surface area contributed by atoms with Gasteiger partial charge in [-0.3, -0.25) is 14.1 Å². The molecule has 9 nitrogen and oxygen atoms in total. The summed E-state index contributed by atoms with van der Waals surface area (Å²) in [4.78, 5) is 42.7. The number of hydrogen-bond acceptors (Lipinski definition) is 7. The zero-order valence-electron chi connectivity index (χ0n) is 33.4. The molecule has 2 atom stereocenters. The fourth-order valence-corrected chi connectivity index (χ4v) is 4.95. The second kappa shape index (κ2) is 38.7. The Balaban J connectivity index is 4.25. The molecule has 0 saturated heterocycles. The monoisotopic (exact) mass is 784 g/mol. The van der Waals surface area contributed by atoms with Gasteiger partial charge in [0.15, 0.2) is 6.10 Å². The highest BCUT2D eigenvalue weighted by atomic mass is 31.2. The maximum atomic E-state index is 12.4. The van der Waals surface area contributed by atoms with E-state index in [-0.39, 0.29) is 19.4 Å². The number of esters is 2. The molecule has 0 heterocycles. The molecule has 0 spiro atoms. The van der Waals surface area contributed by atoms with E-state index in [0.717, 1.165) is 44.9 Å². The van der Waals surface area contributed by atoms with E-state index in [2.05, 4.69) is 79.1 Å². The third kappa shape index (κ3) is 41.4. The highest BCUT2D eigenvalue weighted by Crippen LogP contribution is 2.35. The number of phosphoric acid groups is 1. The van der Waals surface area contributed by atoms with Gasteiger partial charge in [-0.25, -0.2) is 4.57 Å². The van der Waals surface area contributed by atoms with E-state index in [1.807, 2.05) is 54.7 Å². The van der Waals surface area contributed by atoms with Crippen molar-refractivity contribution in [1.82, 2.24) is 0 Å². The Morgan fingerprint density at radius 2 is 1.11 bits per heavy atom. The molecular formula is C45H69O9P. The third-order valence-corrected chi connectivity index (χ3v) is 8.04. The van der Waals surface area contributed by atoms with Crippen LogP contribution in [0.15, 0.2) is 122 Å². The first kappa shape index (κ1) is 51.4. The lowest BCUT2D eigenvalue weighted by atomic mass is 10.2. The second-order valence-electron chi connectivity index (χ2n) is 12.7. The van der Waals surface area contributed by atoms with Crippen LogP contribution in [-0.4, -0.2) is 52.3 Å². The smallest absolute Gasteiger partial charge is 0.462 e. The molecule has 0 aromatic heterocycles. The van der Waals surface area contributed by atoms with Crippen LogP contribution in [-0.2, 0) is 28.2 Å². The number of aliphatic hydroxyl groups excluding tert-OH is 1. The van der Waals surface area contributed by atoms with Crippen LogP contribution in [0.4, 0.5) is 0 Å². The minimum absolute atomic E-state index is 0.0515. The fourth-order valence-electron chi connectivity index (χ4n) is 4.59. The first-order valence-corrected chi connectivity index (χ1v) is 21.5. The van der Waals surface area contributed by atoms with Crippen molar-refractivity contribution in [1.29, 1.82) is 0 Å². The van der Waals surface area contributed by atoms with Crippen LogP contribution in [0.25, 0.3) is 0 Å². The van der Waals surface area contributed by atoms with Crippen molar-refractivity contribution in [2.45, 2.75) is 135 Å². The minimum atomic E-state index is -4.80. The average molecular weight is 785 g/mol. The number of unbranched alkanes of at least 4 members (excludes halogenated alkanes) is 4. The molecule has 10 heteroatoms. The summed E-state index contributed by atoms with van der Waals surface area (Å²) in [5.74, 6) is -1.08. The molecule has 0 aromatic carbocycles. The number of aliphatic hydroxyl groups is 1. The molecule has 0 saturated carbocycles. The quantitative estimate of drug-likeness (QED) is 0.0191. The largest absolute Gasteiger partial charge is 0.469 e. The average Bonchev–Trinajstić information content (AvgIpc) is 3.15. The van der Waals surface area contributed by atoms with Crippen LogP contribution < -0.4 is 0 Å². The predicted octanol–water partition coefficient (Wildman–Crippen LogP) is 11.1. The SMILES string of the molecule is CC/C=C\CC(O)/C=C/C=C/C/C=C\C/C=C\C/C=C\CCC(=O)O[C@H](COC(=O)CCC/C=C\C/C=C\C/C=C\C/C=C\CCCCC)COP(=O)(O)O. The predicted molar refractivity (Wildman–Crippen MR) is 226 cm³/mol. The number of allylic oxidation sites excluding steroid dienone is 18. The van der Waals surface area contributed by atoms with E-state index in [4.69, 9.17) is 19.3 Å². The summed E-state index contributed by atoms with van der Waals surface area (Å²) in [5, 5.41) is 9.81. The van der Waals surface area contributed by atoms with E-state index >= 15 is 0 Å². The van der Waals surface area contributed by atoms with Crippen molar-refractivity contribution in [3.8, 4) is 0 Å². The van der Waals surface area contributed by atoms with Gasteiger partial charge in [0.05, 0.1) is 12.7 Å². The molecule has 3 N–H and O–H groups in total. The van der Waals surface area contributed by atoms with Crippen molar-refractivity contribution in [2.75, 3.05) is 13.2 Å². The molecule has 0 fully saturated rings. The Kier molecular flexibility index (Phi) is 36.2. The van der Waals surface area contributed by atoms with E-state index < -0.39 is 38.6 Å². The Labute approximate surface area is 331 Å². The summed E-state index contributed by atoms with van der Waals surface area (Å²) < 4.78 is 26.2. The standard InChI is InChI=1S/C45H69O9P/c1-3-5-7-8-9-10-11-12-13-14-15-18-21-24-27-30-34-38-44(47)52-40-43(41-53-55(49,50)51)54-45(48)39-35-31-28-25-22-19-16-17-20-23-26-29-33-37-42(46)36-32-6-4-2/h6,9-10,12-13,15,17-20,22,24,26-29,31-33,37,42-43,46H,3-5,7-8,11,14,16,21,23,25,30,34-36,38-41H2,1-2H3,(H2,49,50,51)/b10-9-,13-12-,18-15-,20-17-,22-19-,27-24-,29-26+,31-28-,32-6-,37-33+/t42?,43-/m1/s1. The van der Waals surface area contributed by atoms with Crippen LogP contribution in [0.3, 0.4) is 0 Å². The third-order valence-electron chi connectivity index (χ3n) is 7.56. The zero-order valence-corrected chi connectivity index (χ0v) is 34.3. The van der Waals surface area contributed by atoms with Gasteiger partial charge in [0.2, 0.25) is 0 Å². The summed E-state index contributed by atoms with van der Waals surface area (Å²) in [6, 6.07) is 0. The molecular weight excluding hydrogens is 715 g/mol. The number of hydrogen-bond donors (Lipinski definition) is 3. The van der Waals surface area contributed by atoms with Gasteiger partial charge in [-0.2, -0.15) is 0 Å². The Morgan fingerprint density at radius 3 is 1.65 bits per heavy atom. The molecule has 1 unspecified atom stereocenters. The number of rotatable bonds is 34. The molecule has 0 bridgehead atoms. The zero-order chi connectivity index (χ0) is 40.5. The van der Waals surface area contributed by atoms with Gasteiger partial charge in [-0.15, -0.1) is 0 Å². The Hall–Kier alpha value is -3.59. The molecule has 0 aliphatic carbocycles. The molecule has 0 rings (SSSR count). The second-order valence-corrected chi connectivity index (χ2v) is 14.0. The number of carbonyl (C=O) groups is 2. The van der Waals surface area contributed by atoms with Crippen LogP contribution in [0.5, 0.6) is 0 Å². The lowest BCUT2D eigenvalue weighted by Crippen LogP contribution is -2.29. The van der Waals surface area contributed by atoms with Crippen LogP contribution in [0.1, 0.15) is 123 Å². The molecule has 55 heavy (non-hydrogen) atoms. The van der Waals surface area contributed by atoms with E-state index in [9.17, 15) is 19.3 Å². The maximum absolute atomic E-state index is 12.4. The van der Waals surface area contributed by atoms with Gasteiger partial charge in [0, 0.05) is 12.8 Å². The lowest BCUT2D eigenvalue weighted by molar-refractivity contribution is -0.161. The number of phosphoric ester groups is 1. The summed E-state index contributed by atoms with van der Waals surface area (Å²) in [7, 11) is -4.80. The van der Waals surface area contributed by atoms with Crippen LogP contribution in [0, 0.1) is 0 Å². The molecule has 308 valence electrons. The summed E-state index contributed by atoms with van der Waals surface area (Å²) in [6.45, 7) is 3.31. The van der Waals surface area contributed by atoms with Gasteiger partial charge in [-0.1, -0.05) is 148 Å². The highest BCUT2D eigenvalue weighted by molar-refractivity contribution is 7.46. The van der Waals surface area contributed by atoms with Crippen molar-refractivity contribution < 1.29 is 43.0 Å². The summed E-state index contributed by atoms with van der Waals surface area (Å²) in [5.41, 5.74) is 0. The molecule has 0 amide bonds. The summed E-state index contributed by atoms with van der Waals surface area (Å²) >= 11 is 0. The topological polar surface area (TPSA) is 140 Å². The first-order chi connectivity index (χ1) is 26.7. The molecule has 0 aliphatic heterocycles. The Morgan fingerprint density at radius 1 is 0.582 bits per heavy atom. The van der Waals surface area contributed by atoms with Crippen molar-refractivity contribution >= 4 is 19.8 Å². The van der Waals surface area contributed by atoms with E-state index in [1.54, 1.807) is 6.08 Å². The van der Waals surface area contributed by atoms with Crippen LogP contribution >= 0.6 is 7.82 Å². The summed E-state index contributed by atoms with van der Waals surface area (Å²) in [6.07, 6.45) is 52.6. The molecule has 0 radical (unpaired) electrons. The van der Waals surface area contributed by atoms with Crippen molar-refractivity contribution in [3.05, 3.63) is 122 Å². The van der Waals surface area contributed by atoms with E-state index in [0.29, 0.717) is 32.1 Å². The van der Waals surface area contributed by atoms with Gasteiger partial charge >= 0.3 is 19.8 Å². The van der Waals surface area contributed by atoms with Crippen LogP contribution in [0.2, 0.25) is 0 Å². The Bertz CT molecular complexity index is 1310. The first-order valence-electron chi connectivity index (χ1n) is 19.9. The van der Waals surface area contributed by atoms with Crippen molar-refractivity contribution in [2.24, 2.45) is 0 Å². The minimum Gasteiger partial charge on any atom is -0.462 e. The van der Waals surface area contributed by atoms with Gasteiger partial charge < -0.3 is 24.4 Å². The number of ether oxygens (including phenoxy) is 2. The van der Waals surface area contributed by atoms with Gasteiger partial charge in [0.1, 0.15) is 6.61 Å². The maximum Gasteiger partial charge on any atom is 0.469 e. The fraction of sp³-hybridized carbons (Fsp3) is 0.511. The molecule has 0 aromatic rings. The van der Waals surface area contributed by atoms with Crippen molar-refractivity contribution in [3.63, 3.8) is 0 Å².